The summed E-state index contributed by atoms with van der Waals surface area (Å²) < 4.78 is 25.9. The Labute approximate surface area is 115 Å². The maximum Gasteiger partial charge on any atom is 0.242 e. The van der Waals surface area contributed by atoms with Gasteiger partial charge in [0.15, 0.2) is 0 Å². The van der Waals surface area contributed by atoms with Crippen LogP contribution in [0.2, 0.25) is 0 Å². The van der Waals surface area contributed by atoms with Crippen molar-refractivity contribution in [3.05, 3.63) is 29.3 Å². The maximum atomic E-state index is 12.3. The molecule has 0 heterocycles. The average Bonchev–Trinajstić information content (AvgIpc) is 2.29. The number of hydrogen-bond donors (Lipinski definition) is 0. The van der Waals surface area contributed by atoms with Crippen LogP contribution in [0.25, 0.3) is 0 Å². The van der Waals surface area contributed by atoms with Crippen molar-refractivity contribution in [1.29, 1.82) is 0 Å². The van der Waals surface area contributed by atoms with E-state index in [9.17, 15) is 8.42 Å². The first kappa shape index (κ1) is 15.5. The van der Waals surface area contributed by atoms with Crippen LogP contribution in [0.15, 0.2) is 23.1 Å². The second kappa shape index (κ2) is 6.04. The van der Waals surface area contributed by atoms with Gasteiger partial charge in [-0.25, -0.2) is 12.7 Å². The molecule has 1 aromatic carbocycles. The second-order valence-corrected chi connectivity index (χ2v) is 7.43. The topological polar surface area (TPSA) is 37.4 Å². The Balaban J connectivity index is 2.95. The number of alkyl halides is 1. The van der Waals surface area contributed by atoms with Gasteiger partial charge in [0, 0.05) is 19.0 Å². The molecule has 1 aromatic rings. The number of hydrogen-bond acceptors (Lipinski definition) is 2. The van der Waals surface area contributed by atoms with E-state index in [1.54, 1.807) is 19.2 Å². The standard InChI is InChI=1S/C13H20ClNO2S/c1-10-5-6-13(9-11(10)2)18(16,17)15(4)8-7-12(3)14/h5-6,9,12H,7-8H2,1-4H3. The summed E-state index contributed by atoms with van der Waals surface area (Å²) in [5.41, 5.74) is 2.07. The Hall–Kier alpha value is -0.580. The number of nitrogens with zero attached hydrogens (tertiary/aromatic N) is 1. The minimum Gasteiger partial charge on any atom is -0.207 e. The van der Waals surface area contributed by atoms with Gasteiger partial charge in [-0.15, -0.1) is 11.6 Å². The summed E-state index contributed by atoms with van der Waals surface area (Å²) >= 11 is 5.84. The quantitative estimate of drug-likeness (QED) is 0.782. The molecule has 5 heteroatoms. The van der Waals surface area contributed by atoms with Crippen LogP contribution in [-0.4, -0.2) is 31.7 Å². The number of aryl methyl sites for hydroxylation is 2. The fraction of sp³-hybridized carbons (Fsp3) is 0.538. The van der Waals surface area contributed by atoms with Gasteiger partial charge >= 0.3 is 0 Å². The van der Waals surface area contributed by atoms with E-state index in [1.807, 2.05) is 26.8 Å². The van der Waals surface area contributed by atoms with E-state index in [4.69, 9.17) is 11.6 Å². The van der Waals surface area contributed by atoms with Crippen molar-refractivity contribution in [2.45, 2.75) is 37.5 Å². The zero-order valence-electron chi connectivity index (χ0n) is 11.3. The summed E-state index contributed by atoms with van der Waals surface area (Å²) in [5.74, 6) is 0. The molecule has 0 saturated heterocycles. The van der Waals surface area contributed by atoms with Crippen LogP contribution < -0.4 is 0 Å². The summed E-state index contributed by atoms with van der Waals surface area (Å²) in [6, 6.07) is 5.20. The molecule has 3 nitrogen and oxygen atoms in total. The molecule has 0 N–H and O–H groups in total. The van der Waals surface area contributed by atoms with Gasteiger partial charge < -0.3 is 0 Å². The Morgan fingerprint density at radius 2 is 1.89 bits per heavy atom. The van der Waals surface area contributed by atoms with E-state index in [0.29, 0.717) is 17.9 Å². The molecule has 0 aliphatic heterocycles. The molecule has 102 valence electrons. The molecule has 0 radical (unpaired) electrons. The number of halogens is 1. The van der Waals surface area contributed by atoms with Crippen LogP contribution in [0.5, 0.6) is 0 Å². The van der Waals surface area contributed by atoms with Gasteiger partial charge in [0.1, 0.15) is 0 Å². The van der Waals surface area contributed by atoms with Crippen LogP contribution in [0, 0.1) is 13.8 Å². The minimum atomic E-state index is -3.40. The summed E-state index contributed by atoms with van der Waals surface area (Å²) in [6.07, 6.45) is 0.641. The van der Waals surface area contributed by atoms with Gasteiger partial charge in [-0.05, 0) is 50.5 Å². The molecular formula is C13H20ClNO2S. The maximum absolute atomic E-state index is 12.3. The lowest BCUT2D eigenvalue weighted by Crippen LogP contribution is -2.29. The molecule has 0 aliphatic carbocycles. The van der Waals surface area contributed by atoms with Crippen molar-refractivity contribution in [3.63, 3.8) is 0 Å². The van der Waals surface area contributed by atoms with Gasteiger partial charge in [0.25, 0.3) is 0 Å². The zero-order valence-corrected chi connectivity index (χ0v) is 12.8. The smallest absolute Gasteiger partial charge is 0.207 e. The first-order chi connectivity index (χ1) is 8.25. The normalized spacial score (nSPS) is 13.9. The minimum absolute atomic E-state index is 0.0256. The Kier molecular flexibility index (Phi) is 5.20. The molecule has 0 spiro atoms. The summed E-state index contributed by atoms with van der Waals surface area (Å²) in [7, 11) is -1.81. The summed E-state index contributed by atoms with van der Waals surface area (Å²) in [4.78, 5) is 0.343. The third-order valence-electron chi connectivity index (χ3n) is 3.03. The zero-order chi connectivity index (χ0) is 13.9. The van der Waals surface area contributed by atoms with Crippen LogP contribution in [0.4, 0.5) is 0 Å². The number of benzene rings is 1. The van der Waals surface area contributed by atoms with E-state index in [1.165, 1.54) is 4.31 Å². The van der Waals surface area contributed by atoms with Gasteiger partial charge in [-0.3, -0.25) is 0 Å². The average molecular weight is 290 g/mol. The molecule has 0 aliphatic rings. The SMILES string of the molecule is Cc1ccc(S(=O)(=O)N(C)CCC(C)Cl)cc1C. The molecule has 1 unspecified atom stereocenters. The van der Waals surface area contributed by atoms with Gasteiger partial charge in [-0.1, -0.05) is 6.07 Å². The summed E-state index contributed by atoms with van der Waals surface area (Å²) in [5, 5.41) is -0.0256. The van der Waals surface area contributed by atoms with Crippen LogP contribution in [0.1, 0.15) is 24.5 Å². The van der Waals surface area contributed by atoms with Crippen LogP contribution in [-0.2, 0) is 10.0 Å². The van der Waals surface area contributed by atoms with Gasteiger partial charge in [0.2, 0.25) is 10.0 Å². The lowest BCUT2D eigenvalue weighted by Gasteiger charge is -2.18. The second-order valence-electron chi connectivity index (χ2n) is 4.64. The van der Waals surface area contributed by atoms with E-state index in [-0.39, 0.29) is 5.38 Å². The van der Waals surface area contributed by atoms with Crippen molar-refractivity contribution in [3.8, 4) is 0 Å². The molecular weight excluding hydrogens is 270 g/mol. The first-order valence-electron chi connectivity index (χ1n) is 5.93. The highest BCUT2D eigenvalue weighted by Crippen LogP contribution is 2.18. The molecule has 1 atom stereocenters. The Bertz CT molecular complexity index is 512. The fourth-order valence-electron chi connectivity index (χ4n) is 1.53. The van der Waals surface area contributed by atoms with Crippen LogP contribution in [0.3, 0.4) is 0 Å². The highest BCUT2D eigenvalue weighted by atomic mass is 35.5. The third-order valence-corrected chi connectivity index (χ3v) is 5.10. The van der Waals surface area contributed by atoms with Crippen LogP contribution >= 0.6 is 11.6 Å². The van der Waals surface area contributed by atoms with Crippen molar-refractivity contribution in [1.82, 2.24) is 4.31 Å². The van der Waals surface area contributed by atoms with Crippen molar-refractivity contribution < 1.29 is 8.42 Å². The molecule has 0 bridgehead atoms. The van der Waals surface area contributed by atoms with Crippen molar-refractivity contribution in [2.75, 3.05) is 13.6 Å². The number of rotatable bonds is 5. The third kappa shape index (κ3) is 3.70. The molecule has 0 amide bonds. The summed E-state index contributed by atoms with van der Waals surface area (Å²) in [6.45, 7) is 6.16. The fourth-order valence-corrected chi connectivity index (χ4v) is 2.90. The van der Waals surface area contributed by atoms with E-state index in [0.717, 1.165) is 11.1 Å². The van der Waals surface area contributed by atoms with Gasteiger partial charge in [-0.2, -0.15) is 0 Å². The van der Waals surface area contributed by atoms with Crippen molar-refractivity contribution >= 4 is 21.6 Å². The highest BCUT2D eigenvalue weighted by molar-refractivity contribution is 7.89. The molecule has 0 aromatic heterocycles. The molecule has 1 rings (SSSR count). The highest BCUT2D eigenvalue weighted by Gasteiger charge is 2.21. The first-order valence-corrected chi connectivity index (χ1v) is 7.80. The lowest BCUT2D eigenvalue weighted by atomic mass is 10.1. The lowest BCUT2D eigenvalue weighted by molar-refractivity contribution is 0.460. The molecule has 0 fully saturated rings. The Morgan fingerprint density at radius 3 is 2.39 bits per heavy atom. The van der Waals surface area contributed by atoms with E-state index < -0.39 is 10.0 Å². The molecule has 18 heavy (non-hydrogen) atoms. The van der Waals surface area contributed by atoms with E-state index >= 15 is 0 Å². The largest absolute Gasteiger partial charge is 0.242 e. The van der Waals surface area contributed by atoms with Gasteiger partial charge in [0.05, 0.1) is 4.90 Å². The predicted octanol–water partition coefficient (Wildman–Crippen LogP) is 2.94. The predicted molar refractivity (Wildman–Crippen MR) is 75.7 cm³/mol. The van der Waals surface area contributed by atoms with Crippen molar-refractivity contribution in [2.24, 2.45) is 0 Å². The van der Waals surface area contributed by atoms with E-state index in [2.05, 4.69) is 0 Å². The monoisotopic (exact) mass is 289 g/mol. The molecule has 0 saturated carbocycles. The number of sulfonamides is 1. The Morgan fingerprint density at radius 1 is 1.28 bits per heavy atom.